The number of carbonyl (C=O) groups is 2. The summed E-state index contributed by atoms with van der Waals surface area (Å²) in [7, 11) is 1.63. The number of amides is 2. The van der Waals surface area contributed by atoms with Crippen LogP contribution in [0.5, 0.6) is 5.75 Å². The van der Waals surface area contributed by atoms with Gasteiger partial charge < -0.3 is 4.74 Å². The van der Waals surface area contributed by atoms with Crippen LogP contribution >= 0.6 is 23.4 Å². The van der Waals surface area contributed by atoms with E-state index >= 15 is 0 Å². The first kappa shape index (κ1) is 18.6. The zero-order chi connectivity index (χ0) is 19.7. The summed E-state index contributed by atoms with van der Waals surface area (Å²) in [5.74, 6) is 0.453. The third-order valence-corrected chi connectivity index (χ3v) is 5.86. The van der Waals surface area contributed by atoms with E-state index in [0.29, 0.717) is 9.93 Å². The Bertz CT molecular complexity index is 1130. The lowest BCUT2D eigenvalue weighted by Gasteiger charge is -2.13. The van der Waals surface area contributed by atoms with Crippen LogP contribution < -0.4 is 4.74 Å². The van der Waals surface area contributed by atoms with Crippen molar-refractivity contribution < 1.29 is 14.3 Å². The monoisotopic (exact) mass is 409 g/mol. The predicted octanol–water partition coefficient (Wildman–Crippen LogP) is 5.74. The number of imide groups is 1. The molecular weight excluding hydrogens is 394 g/mol. The summed E-state index contributed by atoms with van der Waals surface area (Å²) in [6.07, 6.45) is 1.76. The van der Waals surface area contributed by atoms with Crippen molar-refractivity contribution in [3.05, 3.63) is 81.7 Å². The number of benzene rings is 3. The van der Waals surface area contributed by atoms with Crippen LogP contribution in [0.3, 0.4) is 0 Å². The molecule has 1 aliphatic rings. The summed E-state index contributed by atoms with van der Waals surface area (Å²) in [5, 5.41) is 2.15. The zero-order valence-electron chi connectivity index (χ0n) is 15.0. The number of methoxy groups -OCH3 is 1. The molecule has 0 bridgehead atoms. The molecule has 2 amide bonds. The molecule has 4 rings (SSSR count). The minimum absolute atomic E-state index is 0.158. The Morgan fingerprint density at radius 3 is 2.46 bits per heavy atom. The van der Waals surface area contributed by atoms with Crippen molar-refractivity contribution in [3.8, 4) is 5.75 Å². The molecule has 3 aromatic rings. The Labute approximate surface area is 171 Å². The van der Waals surface area contributed by atoms with Gasteiger partial charge in [0.25, 0.3) is 11.1 Å². The van der Waals surface area contributed by atoms with Crippen LogP contribution in [0.15, 0.2) is 65.6 Å². The van der Waals surface area contributed by atoms with E-state index < -0.39 is 0 Å². The van der Waals surface area contributed by atoms with E-state index in [9.17, 15) is 9.59 Å². The standard InChI is InChI=1S/C22H16ClNO3S/c1-27-19-11-10-14(16-7-3-4-8-17(16)19)12-20-21(25)24(22(26)28-20)13-15-6-2-5-9-18(15)23/h2-12H,13H2,1H3/b20-12+. The minimum Gasteiger partial charge on any atom is -0.496 e. The van der Waals surface area contributed by atoms with Crippen LogP contribution in [0.1, 0.15) is 11.1 Å². The highest BCUT2D eigenvalue weighted by Crippen LogP contribution is 2.36. The Morgan fingerprint density at radius 2 is 1.71 bits per heavy atom. The van der Waals surface area contributed by atoms with Crippen molar-refractivity contribution in [2.45, 2.75) is 6.54 Å². The molecule has 1 heterocycles. The summed E-state index contributed by atoms with van der Waals surface area (Å²) in [5.41, 5.74) is 1.60. The first-order chi connectivity index (χ1) is 13.6. The number of rotatable bonds is 4. The second-order valence-corrected chi connectivity index (χ2v) is 7.66. The van der Waals surface area contributed by atoms with Crippen molar-refractivity contribution in [2.24, 2.45) is 0 Å². The molecule has 28 heavy (non-hydrogen) atoms. The number of thioether (sulfide) groups is 1. The molecule has 0 aliphatic carbocycles. The fraction of sp³-hybridized carbons (Fsp3) is 0.0909. The first-order valence-corrected chi connectivity index (χ1v) is 9.82. The Kier molecular flexibility index (Phi) is 5.11. The smallest absolute Gasteiger partial charge is 0.293 e. The van der Waals surface area contributed by atoms with E-state index in [1.165, 1.54) is 4.90 Å². The van der Waals surface area contributed by atoms with Gasteiger partial charge in [0.1, 0.15) is 5.75 Å². The van der Waals surface area contributed by atoms with E-state index in [2.05, 4.69) is 0 Å². The summed E-state index contributed by atoms with van der Waals surface area (Å²) >= 11 is 7.12. The van der Waals surface area contributed by atoms with Crippen LogP contribution in [-0.2, 0) is 11.3 Å². The van der Waals surface area contributed by atoms with Gasteiger partial charge in [0.2, 0.25) is 0 Å². The number of carbonyl (C=O) groups excluding carboxylic acids is 2. The number of halogens is 1. The fourth-order valence-corrected chi connectivity index (χ4v) is 4.20. The molecule has 0 saturated carbocycles. The predicted molar refractivity (Wildman–Crippen MR) is 113 cm³/mol. The number of hydrogen-bond donors (Lipinski definition) is 0. The summed E-state index contributed by atoms with van der Waals surface area (Å²) in [4.78, 5) is 26.9. The highest BCUT2D eigenvalue weighted by atomic mass is 35.5. The van der Waals surface area contributed by atoms with Gasteiger partial charge in [-0.3, -0.25) is 14.5 Å². The van der Waals surface area contributed by atoms with Crippen LogP contribution in [0.2, 0.25) is 5.02 Å². The average molecular weight is 410 g/mol. The van der Waals surface area contributed by atoms with Gasteiger partial charge in [-0.25, -0.2) is 0 Å². The van der Waals surface area contributed by atoms with Crippen molar-refractivity contribution >= 4 is 51.4 Å². The van der Waals surface area contributed by atoms with Gasteiger partial charge in [0.05, 0.1) is 18.6 Å². The molecule has 0 spiro atoms. The van der Waals surface area contributed by atoms with Gasteiger partial charge >= 0.3 is 0 Å². The maximum atomic E-state index is 12.8. The quantitative estimate of drug-likeness (QED) is 0.515. The van der Waals surface area contributed by atoms with E-state index in [0.717, 1.165) is 39.4 Å². The summed E-state index contributed by atoms with van der Waals surface area (Å²) in [6.45, 7) is 0.158. The van der Waals surface area contributed by atoms with Crippen LogP contribution in [0, 0.1) is 0 Å². The number of nitrogens with zero attached hydrogens (tertiary/aromatic N) is 1. The lowest BCUT2D eigenvalue weighted by atomic mass is 10.0. The molecule has 3 aromatic carbocycles. The molecule has 1 saturated heterocycles. The maximum Gasteiger partial charge on any atom is 0.293 e. The molecular formula is C22H16ClNO3S. The van der Waals surface area contributed by atoms with E-state index in [4.69, 9.17) is 16.3 Å². The zero-order valence-corrected chi connectivity index (χ0v) is 16.6. The third kappa shape index (κ3) is 3.39. The van der Waals surface area contributed by atoms with Gasteiger partial charge in [0, 0.05) is 10.4 Å². The molecule has 0 atom stereocenters. The minimum atomic E-state index is -0.310. The SMILES string of the molecule is COc1ccc(/C=C2/SC(=O)N(Cc3ccccc3Cl)C2=O)c2ccccc12. The van der Waals surface area contributed by atoms with Crippen molar-refractivity contribution in [1.82, 2.24) is 4.90 Å². The highest BCUT2D eigenvalue weighted by molar-refractivity contribution is 8.18. The lowest BCUT2D eigenvalue weighted by Crippen LogP contribution is -2.27. The number of hydrogen-bond acceptors (Lipinski definition) is 4. The Morgan fingerprint density at radius 1 is 1.00 bits per heavy atom. The van der Waals surface area contributed by atoms with Crippen LogP contribution in [0.4, 0.5) is 4.79 Å². The summed E-state index contributed by atoms with van der Waals surface area (Å²) in [6, 6.07) is 18.8. The normalized spacial score (nSPS) is 15.6. The van der Waals surface area contributed by atoms with Crippen LogP contribution in [-0.4, -0.2) is 23.2 Å². The van der Waals surface area contributed by atoms with Crippen LogP contribution in [0.25, 0.3) is 16.8 Å². The molecule has 140 valence electrons. The molecule has 0 unspecified atom stereocenters. The Balaban J connectivity index is 1.68. The lowest BCUT2D eigenvalue weighted by molar-refractivity contribution is -0.123. The second-order valence-electron chi connectivity index (χ2n) is 6.26. The summed E-state index contributed by atoms with van der Waals surface area (Å²) < 4.78 is 5.42. The number of ether oxygens (including phenoxy) is 1. The molecule has 1 fully saturated rings. The number of fused-ring (bicyclic) bond motifs is 1. The highest BCUT2D eigenvalue weighted by Gasteiger charge is 2.35. The fourth-order valence-electron chi connectivity index (χ4n) is 3.17. The largest absolute Gasteiger partial charge is 0.496 e. The van der Waals surface area contributed by atoms with E-state index in [1.54, 1.807) is 19.3 Å². The second kappa shape index (κ2) is 7.70. The average Bonchev–Trinajstić information content (AvgIpc) is 2.97. The molecule has 0 aromatic heterocycles. The van der Waals surface area contributed by atoms with Crippen molar-refractivity contribution in [3.63, 3.8) is 0 Å². The van der Waals surface area contributed by atoms with Crippen molar-refractivity contribution in [2.75, 3.05) is 7.11 Å². The van der Waals surface area contributed by atoms with Crippen molar-refractivity contribution in [1.29, 1.82) is 0 Å². The maximum absolute atomic E-state index is 12.8. The van der Waals surface area contributed by atoms with E-state index in [-0.39, 0.29) is 17.7 Å². The molecule has 1 aliphatic heterocycles. The topological polar surface area (TPSA) is 46.6 Å². The Hall–Kier alpha value is -2.76. The van der Waals surface area contributed by atoms with Gasteiger partial charge in [-0.05, 0) is 46.5 Å². The molecule has 0 N–H and O–H groups in total. The van der Waals surface area contributed by atoms with Gasteiger partial charge in [-0.15, -0.1) is 0 Å². The van der Waals surface area contributed by atoms with Gasteiger partial charge in [-0.1, -0.05) is 60.1 Å². The molecule has 4 nitrogen and oxygen atoms in total. The molecule has 0 radical (unpaired) electrons. The first-order valence-electron chi connectivity index (χ1n) is 8.63. The van der Waals surface area contributed by atoms with E-state index in [1.807, 2.05) is 54.6 Å². The molecule has 6 heteroatoms. The van der Waals surface area contributed by atoms with Gasteiger partial charge in [-0.2, -0.15) is 0 Å². The van der Waals surface area contributed by atoms with Gasteiger partial charge in [0.15, 0.2) is 0 Å². The third-order valence-electron chi connectivity index (χ3n) is 4.58.